The van der Waals surface area contributed by atoms with Gasteiger partial charge in [0.25, 0.3) is 0 Å². The Morgan fingerprint density at radius 1 is 0.900 bits per heavy atom. The van der Waals surface area contributed by atoms with Crippen LogP contribution in [0.15, 0.2) is 35.7 Å². The predicted molar refractivity (Wildman–Crippen MR) is 155 cm³/mol. The zero-order chi connectivity index (χ0) is 29.8. The molecule has 0 saturated heterocycles. The monoisotopic (exact) mass is 599 g/mol. The molecule has 2 aromatic rings. The van der Waals surface area contributed by atoms with Crippen molar-refractivity contribution < 1.29 is 46.0 Å². The summed E-state index contributed by atoms with van der Waals surface area (Å²) in [4.78, 5) is 12.2. The minimum Gasteiger partial charge on any atom is -0.496 e. The average molecular weight is 600 g/mol. The van der Waals surface area contributed by atoms with E-state index in [9.17, 15) is 17.8 Å². The van der Waals surface area contributed by atoms with Crippen molar-refractivity contribution in [3.05, 3.63) is 46.9 Å². The molecule has 0 fully saturated rings. The van der Waals surface area contributed by atoms with Gasteiger partial charge in [-0.15, -0.1) is 0 Å². The van der Waals surface area contributed by atoms with Crippen LogP contribution in [0, 0.1) is 0 Å². The lowest BCUT2D eigenvalue weighted by Crippen LogP contribution is -2.18. The highest BCUT2D eigenvalue weighted by Gasteiger charge is 2.15. The summed E-state index contributed by atoms with van der Waals surface area (Å²) in [6.07, 6.45) is 2.60. The summed E-state index contributed by atoms with van der Waals surface area (Å²) in [5, 5.41) is 4.04. The number of hydrogen-bond acceptors (Lipinski definition) is 11. The molecule has 40 heavy (non-hydrogen) atoms. The molecule has 0 atom stereocenters. The van der Waals surface area contributed by atoms with Gasteiger partial charge in [-0.1, -0.05) is 6.07 Å². The lowest BCUT2D eigenvalue weighted by atomic mass is 10.1. The number of benzene rings is 2. The first-order valence-electron chi connectivity index (χ1n) is 12.4. The number of anilines is 1. The maximum atomic E-state index is 12.9. The van der Waals surface area contributed by atoms with Gasteiger partial charge in [0.2, 0.25) is 0 Å². The molecule has 0 bridgehead atoms. The minimum atomic E-state index is -3.71. The van der Waals surface area contributed by atoms with Crippen LogP contribution in [-0.4, -0.2) is 75.9 Å². The molecule has 2 rings (SSSR count). The largest absolute Gasteiger partial charge is 0.496 e. The van der Waals surface area contributed by atoms with Gasteiger partial charge in [0.1, 0.15) is 29.5 Å². The maximum Gasteiger partial charge on any atom is 0.325 e. The number of rotatable bonds is 17. The van der Waals surface area contributed by atoms with E-state index >= 15 is 0 Å². The molecule has 0 amide bonds. The number of nitrogens with one attached hydrogen (secondary N) is 1. The van der Waals surface area contributed by atoms with Crippen LogP contribution < -0.4 is 24.3 Å². The Balaban J connectivity index is 2.03. The molecule has 0 spiro atoms. The molecule has 1 N–H and O–H groups in total. The van der Waals surface area contributed by atoms with Gasteiger partial charge in [-0.3, -0.25) is 9.36 Å². The fourth-order valence-electron chi connectivity index (χ4n) is 3.53. The number of methoxy groups -OCH3 is 4. The third-order valence-electron chi connectivity index (χ3n) is 5.45. The first kappa shape index (κ1) is 33.0. The first-order chi connectivity index (χ1) is 18.9. The van der Waals surface area contributed by atoms with Crippen molar-refractivity contribution in [3.8, 4) is 23.0 Å². The van der Waals surface area contributed by atoms with E-state index in [1.165, 1.54) is 34.5 Å². The van der Waals surface area contributed by atoms with Gasteiger partial charge in [0, 0.05) is 30.9 Å². The number of esters is 1. The summed E-state index contributed by atoms with van der Waals surface area (Å²) < 4.78 is 69.1. The normalized spacial score (nSPS) is 11.8. The molecule has 0 saturated carbocycles. The zero-order valence-electron chi connectivity index (χ0n) is 23.7. The lowest BCUT2D eigenvalue weighted by Gasteiger charge is -2.13. The molecule has 11 nitrogen and oxygen atoms in total. The van der Waals surface area contributed by atoms with Gasteiger partial charge in [0.05, 0.1) is 58.7 Å². The van der Waals surface area contributed by atoms with Gasteiger partial charge >= 0.3 is 5.97 Å². The number of carbonyl (C=O) groups excluding carboxylic acids is 1. The second-order valence-electron chi connectivity index (χ2n) is 8.96. The first-order valence-corrected chi connectivity index (χ1v) is 16.6. The molecule has 2 aromatic carbocycles. The van der Waals surface area contributed by atoms with E-state index in [2.05, 4.69) is 5.32 Å². The number of ether oxygens (including phenoxy) is 5. The van der Waals surface area contributed by atoms with Crippen LogP contribution in [0.3, 0.4) is 0 Å². The van der Waals surface area contributed by atoms with Crippen LogP contribution in [0.25, 0.3) is 6.08 Å². The van der Waals surface area contributed by atoms with E-state index in [1.807, 2.05) is 0 Å². The molecule has 0 unspecified atom stereocenters. The summed E-state index contributed by atoms with van der Waals surface area (Å²) >= 11 is 0. The quantitative estimate of drug-likeness (QED) is 0.155. The van der Waals surface area contributed by atoms with Gasteiger partial charge in [-0.25, -0.2) is 8.42 Å². The molecule has 0 aliphatic carbocycles. The molecule has 0 aliphatic rings. The molecule has 0 aromatic heterocycles. The number of unbranched alkanes of at least 4 members (excludes halogenated alkanes) is 1. The second-order valence-corrected chi connectivity index (χ2v) is 13.6. The van der Waals surface area contributed by atoms with Crippen molar-refractivity contribution in [1.82, 2.24) is 0 Å². The third-order valence-corrected chi connectivity index (χ3v) is 7.54. The smallest absolute Gasteiger partial charge is 0.325 e. The maximum absolute atomic E-state index is 12.9. The zero-order valence-corrected chi connectivity index (χ0v) is 25.4. The van der Waals surface area contributed by atoms with E-state index < -0.39 is 23.2 Å². The summed E-state index contributed by atoms with van der Waals surface area (Å²) in [6, 6.07) is 8.13. The van der Waals surface area contributed by atoms with E-state index in [1.54, 1.807) is 43.7 Å². The van der Waals surface area contributed by atoms with E-state index in [0.717, 1.165) is 5.41 Å². The van der Waals surface area contributed by atoms with Crippen molar-refractivity contribution in [2.75, 3.05) is 66.8 Å². The summed E-state index contributed by atoms with van der Waals surface area (Å²) in [7, 11) is -0.307. The van der Waals surface area contributed by atoms with E-state index in [0.29, 0.717) is 59.3 Å². The molecule has 0 aliphatic heterocycles. The third kappa shape index (κ3) is 11.1. The Morgan fingerprint density at radius 3 is 2.10 bits per heavy atom. The van der Waals surface area contributed by atoms with E-state index in [-0.39, 0.29) is 18.9 Å². The van der Waals surface area contributed by atoms with Crippen molar-refractivity contribution in [3.63, 3.8) is 0 Å². The molecular formula is C27H38NO10PS. The summed E-state index contributed by atoms with van der Waals surface area (Å²) in [6.45, 7) is 3.49. The van der Waals surface area contributed by atoms with Crippen LogP contribution in [0.4, 0.5) is 5.69 Å². The van der Waals surface area contributed by atoms with Gasteiger partial charge < -0.3 is 33.5 Å². The molecule has 13 heteroatoms. The van der Waals surface area contributed by atoms with Crippen LogP contribution in [0.5, 0.6) is 23.0 Å². The Labute approximate surface area is 236 Å². The SMILES string of the molecule is COc1cc(OC)c(/C=C/S(=O)(=O)Cc2ccc(OC)c(NCC(=O)OCCCCOP(C)(C)=O)c2)c(OC)c1. The van der Waals surface area contributed by atoms with Gasteiger partial charge in [0.15, 0.2) is 17.2 Å². The highest BCUT2D eigenvalue weighted by atomic mass is 32.2. The minimum absolute atomic E-state index is 0.140. The van der Waals surface area contributed by atoms with Crippen molar-refractivity contribution in [1.29, 1.82) is 0 Å². The Morgan fingerprint density at radius 2 is 1.52 bits per heavy atom. The molecule has 0 radical (unpaired) electrons. The number of sulfone groups is 1. The predicted octanol–water partition coefficient (Wildman–Crippen LogP) is 4.60. The highest BCUT2D eigenvalue weighted by molar-refractivity contribution is 7.93. The van der Waals surface area contributed by atoms with Crippen LogP contribution in [0.2, 0.25) is 0 Å². The number of hydrogen-bond donors (Lipinski definition) is 1. The molecule has 222 valence electrons. The van der Waals surface area contributed by atoms with Crippen LogP contribution in [-0.2, 0) is 34.2 Å². The fraction of sp³-hybridized carbons (Fsp3) is 0.444. The lowest BCUT2D eigenvalue weighted by molar-refractivity contribution is -0.141. The Bertz CT molecular complexity index is 1300. The standard InChI is InChI=1S/C27H38NO10PS/c1-33-21-16-25(35-3)22(26(17-21)36-4)11-14-40(31,32)19-20-9-10-24(34-2)23(15-20)28-18-27(29)37-12-7-8-13-38-39(5,6)30/h9-11,14-17,28H,7-8,12-13,18-19H2,1-6H3/b14-11+. The van der Waals surface area contributed by atoms with Gasteiger partial charge in [-0.05, 0) is 36.6 Å². The van der Waals surface area contributed by atoms with E-state index in [4.69, 9.17) is 28.2 Å². The van der Waals surface area contributed by atoms with Gasteiger partial charge in [-0.2, -0.15) is 0 Å². The fourth-order valence-corrected chi connectivity index (χ4v) is 5.18. The second kappa shape index (κ2) is 15.5. The summed E-state index contributed by atoms with van der Waals surface area (Å²) in [5.41, 5.74) is 1.39. The topological polar surface area (TPSA) is 136 Å². The molecule has 0 heterocycles. The highest BCUT2D eigenvalue weighted by Crippen LogP contribution is 2.37. The Hall–Kier alpha value is -3.21. The molecular weight excluding hydrogens is 561 g/mol. The summed E-state index contributed by atoms with van der Waals surface area (Å²) in [5.74, 6) is 0.961. The van der Waals surface area contributed by atoms with Crippen LogP contribution >= 0.6 is 7.37 Å². The Kier molecular flexibility index (Phi) is 12.8. The average Bonchev–Trinajstić information content (AvgIpc) is 2.91. The van der Waals surface area contributed by atoms with Crippen LogP contribution in [0.1, 0.15) is 24.0 Å². The van der Waals surface area contributed by atoms with Crippen molar-refractivity contribution in [2.45, 2.75) is 18.6 Å². The number of carbonyl (C=O) groups is 1. The van der Waals surface area contributed by atoms with Crippen molar-refractivity contribution >= 4 is 34.9 Å². The van der Waals surface area contributed by atoms with Crippen molar-refractivity contribution in [2.24, 2.45) is 0 Å².